The number of nitrogen functional groups attached to an aromatic ring is 1. The quantitative estimate of drug-likeness (QED) is 0.0421. The highest BCUT2D eigenvalue weighted by molar-refractivity contribution is 7.46. The van der Waals surface area contributed by atoms with Crippen LogP contribution in [-0.2, 0) is 32.5 Å². The number of ether oxygens (including phenoxy) is 1. The number of benzene rings is 2. The first-order valence-corrected chi connectivity index (χ1v) is 18.7. The number of nitrogens with two attached hydrogens (primary N) is 1. The molecule has 2 aromatic carbocycles. The maximum absolute atomic E-state index is 11.8. The van der Waals surface area contributed by atoms with Gasteiger partial charge < -0.3 is 30.0 Å². The molecule has 4 rings (SSSR count). The molecule has 1 amide bonds. The minimum Gasteiger partial charge on any atom is -0.504 e. The van der Waals surface area contributed by atoms with Crippen LogP contribution >= 0.6 is 19.4 Å². The third-order valence-electron chi connectivity index (χ3n) is 8.71. The number of phenolic OH excluding ortho intramolecular Hbond substituents is 1. The lowest BCUT2D eigenvalue weighted by atomic mass is 9.80. The van der Waals surface area contributed by atoms with E-state index in [0.29, 0.717) is 36.2 Å². The van der Waals surface area contributed by atoms with Crippen LogP contribution in [0.2, 0.25) is 0 Å². The molecular formula is C35H49ClN5O7P. The highest BCUT2D eigenvalue weighted by Gasteiger charge is 2.26. The number of halogens is 1. The lowest BCUT2D eigenvalue weighted by Gasteiger charge is -2.26. The highest BCUT2D eigenvalue weighted by Crippen LogP contribution is 2.44. The smallest absolute Gasteiger partial charge is 0.504 e. The average Bonchev–Trinajstić information content (AvgIpc) is 3.39. The first-order chi connectivity index (χ1) is 23.0. The third-order valence-corrected chi connectivity index (χ3v) is 9.37. The summed E-state index contributed by atoms with van der Waals surface area (Å²) in [6.07, 6.45) is 5.77. The first kappa shape index (κ1) is 38.4. The van der Waals surface area contributed by atoms with Crippen LogP contribution < -0.4 is 15.6 Å². The van der Waals surface area contributed by atoms with Gasteiger partial charge in [0, 0.05) is 36.1 Å². The second-order valence-electron chi connectivity index (χ2n) is 13.8. The second-order valence-corrected chi connectivity index (χ2v) is 15.2. The fourth-order valence-electron chi connectivity index (χ4n) is 6.12. The van der Waals surface area contributed by atoms with Gasteiger partial charge in [-0.15, -0.1) is 11.6 Å². The van der Waals surface area contributed by atoms with Crippen molar-refractivity contribution in [2.24, 2.45) is 0 Å². The minimum atomic E-state index is -4.95. The van der Waals surface area contributed by atoms with E-state index >= 15 is 0 Å². The molecule has 6 N–H and O–H groups in total. The van der Waals surface area contributed by atoms with Crippen molar-refractivity contribution in [1.82, 2.24) is 19.9 Å². The van der Waals surface area contributed by atoms with E-state index < -0.39 is 7.82 Å². The molecule has 0 fully saturated rings. The minimum absolute atomic E-state index is 0.0524. The summed E-state index contributed by atoms with van der Waals surface area (Å²) >= 11 is 5.62. The summed E-state index contributed by atoms with van der Waals surface area (Å²) in [5.74, 6) is 0.146. The number of nitrogens with zero attached hydrogens (tertiary/aromatic N) is 3. The molecule has 0 radical (unpaired) electrons. The molecule has 0 aliphatic heterocycles. The Morgan fingerprint density at radius 3 is 2.45 bits per heavy atom. The summed E-state index contributed by atoms with van der Waals surface area (Å²) in [7, 11) is -4.95. The summed E-state index contributed by atoms with van der Waals surface area (Å²) in [6.45, 7) is 11.8. The molecule has 2 aromatic heterocycles. The monoisotopic (exact) mass is 717 g/mol. The number of rotatable bonds is 18. The molecule has 49 heavy (non-hydrogen) atoms. The Morgan fingerprint density at radius 1 is 1.06 bits per heavy atom. The first-order valence-electron chi connectivity index (χ1n) is 16.6. The molecule has 12 nitrogen and oxygen atoms in total. The van der Waals surface area contributed by atoms with Gasteiger partial charge in [-0.05, 0) is 75.1 Å². The number of carbonyl (C=O) groups is 1. The molecule has 0 bridgehead atoms. The van der Waals surface area contributed by atoms with Crippen molar-refractivity contribution in [3.05, 3.63) is 53.3 Å². The third kappa shape index (κ3) is 10.1. The number of pyridine rings is 1. The molecule has 14 heteroatoms. The number of imidazole rings is 1. The second kappa shape index (κ2) is 16.1. The van der Waals surface area contributed by atoms with Crippen LogP contribution in [0.4, 0.5) is 5.82 Å². The van der Waals surface area contributed by atoms with Crippen molar-refractivity contribution in [2.45, 2.75) is 97.1 Å². The number of anilines is 1. The van der Waals surface area contributed by atoms with Gasteiger partial charge in [-0.3, -0.25) is 14.6 Å². The molecule has 0 saturated carbocycles. The number of fused-ring (bicyclic) bond motifs is 3. The summed E-state index contributed by atoms with van der Waals surface area (Å²) in [5.41, 5.74) is 9.40. The summed E-state index contributed by atoms with van der Waals surface area (Å²) < 4.78 is 24.7. The number of hydrogen-bond donors (Lipinski definition) is 5. The molecule has 4 aromatic rings. The van der Waals surface area contributed by atoms with Gasteiger partial charge in [-0.1, -0.05) is 45.4 Å². The number of alkyl halides is 1. The van der Waals surface area contributed by atoms with Gasteiger partial charge >= 0.3 is 7.82 Å². The Bertz CT molecular complexity index is 1820. The van der Waals surface area contributed by atoms with Crippen molar-refractivity contribution in [3.63, 3.8) is 0 Å². The molecule has 268 valence electrons. The zero-order valence-corrected chi connectivity index (χ0v) is 30.6. The van der Waals surface area contributed by atoms with E-state index in [1.54, 1.807) is 12.1 Å². The number of hydrogen-bond acceptors (Lipinski definition) is 8. The zero-order valence-electron chi connectivity index (χ0n) is 29.0. The normalized spacial score (nSPS) is 12.6. The van der Waals surface area contributed by atoms with Gasteiger partial charge in [0.25, 0.3) is 0 Å². The van der Waals surface area contributed by atoms with E-state index in [-0.39, 0.29) is 46.6 Å². The van der Waals surface area contributed by atoms with Crippen LogP contribution in [0.25, 0.3) is 21.9 Å². The lowest BCUT2D eigenvalue weighted by molar-refractivity contribution is -0.120. The molecule has 0 spiro atoms. The fraction of sp³-hybridized carbons (Fsp3) is 0.514. The van der Waals surface area contributed by atoms with E-state index in [1.807, 2.05) is 24.5 Å². The van der Waals surface area contributed by atoms with Crippen LogP contribution in [0.5, 0.6) is 11.5 Å². The van der Waals surface area contributed by atoms with E-state index in [0.717, 1.165) is 60.8 Å². The van der Waals surface area contributed by atoms with Crippen molar-refractivity contribution < 1.29 is 33.5 Å². The van der Waals surface area contributed by atoms with E-state index in [1.165, 1.54) is 6.07 Å². The Hall–Kier alpha value is -3.41. The highest BCUT2D eigenvalue weighted by atomic mass is 35.5. The van der Waals surface area contributed by atoms with Gasteiger partial charge in [0.15, 0.2) is 17.3 Å². The Morgan fingerprint density at radius 2 is 1.78 bits per heavy atom. The van der Waals surface area contributed by atoms with Crippen molar-refractivity contribution in [3.8, 4) is 11.5 Å². The number of unbranched alkanes of at least 4 members (excludes halogenated alkanes) is 1. The predicted octanol–water partition coefficient (Wildman–Crippen LogP) is 6.72. The van der Waals surface area contributed by atoms with Crippen LogP contribution in [0.15, 0.2) is 36.4 Å². The predicted molar refractivity (Wildman–Crippen MR) is 193 cm³/mol. The molecule has 0 atom stereocenters. The van der Waals surface area contributed by atoms with E-state index in [2.05, 4.69) is 43.2 Å². The van der Waals surface area contributed by atoms with E-state index in [4.69, 9.17) is 31.6 Å². The molecule has 0 aliphatic carbocycles. The summed E-state index contributed by atoms with van der Waals surface area (Å²) in [6, 6.07) is 10.7. The maximum Gasteiger partial charge on any atom is 0.524 e. The van der Waals surface area contributed by atoms with Crippen molar-refractivity contribution >= 4 is 53.1 Å². The maximum atomic E-state index is 11.8. The number of aromatic nitrogens is 3. The molecule has 2 heterocycles. The number of phosphoric ester groups is 1. The number of carbonyl (C=O) groups excluding carboxylic acids is 1. The van der Waals surface area contributed by atoms with Gasteiger partial charge in [-0.2, -0.15) is 0 Å². The Balaban J connectivity index is 1.60. The number of phosphoric acid groups is 1. The van der Waals surface area contributed by atoms with E-state index in [9.17, 15) is 24.3 Å². The standard InChI is InChI=1S/C35H49ClN5O7P/c1-6-7-13-28-39-30-31(41(28)22-23-11-8-12-27(42)32(23)48-49(44,45)46)25-20-24(14-15-26(25)38-33(30)37)34(2,3)16-9-18-47-19-10-17-35(4,5)40-29(43)21-36/h8,11-12,14-15,20,42H,6-7,9-10,13,16-19,21-22H2,1-5H3,(H2,37,38)(H,40,43)(H2,44,45,46). The van der Waals surface area contributed by atoms with Gasteiger partial charge in [-0.25, -0.2) is 14.5 Å². The zero-order chi connectivity index (χ0) is 36.0. The number of phenols is 1. The fourth-order valence-corrected chi connectivity index (χ4v) is 6.63. The Kier molecular flexibility index (Phi) is 12.6. The number of amides is 1. The number of aryl methyl sites for hydroxylation is 1. The topological polar surface area (TPSA) is 182 Å². The SMILES string of the molecule is CCCCc1nc2c(N)nc3ccc(C(C)(C)CCCOCCCC(C)(C)NC(=O)CCl)cc3c2n1Cc1cccc(O)c1OP(=O)(O)O. The van der Waals surface area contributed by atoms with Crippen molar-refractivity contribution in [1.29, 1.82) is 0 Å². The van der Waals surface area contributed by atoms with Gasteiger partial charge in [0.1, 0.15) is 17.2 Å². The van der Waals surface area contributed by atoms with Gasteiger partial charge in [0.05, 0.1) is 17.6 Å². The molecule has 0 unspecified atom stereocenters. The summed E-state index contributed by atoms with van der Waals surface area (Å²) in [5, 5.41) is 14.3. The number of aromatic hydroxyl groups is 1. The molecule has 0 saturated heterocycles. The van der Waals surface area contributed by atoms with Crippen LogP contribution in [-0.4, -0.2) is 60.0 Å². The van der Waals surface area contributed by atoms with Gasteiger partial charge in [0.2, 0.25) is 5.91 Å². The molecular weight excluding hydrogens is 669 g/mol. The summed E-state index contributed by atoms with van der Waals surface area (Å²) in [4.78, 5) is 40.3. The van der Waals surface area contributed by atoms with Crippen LogP contribution in [0.1, 0.15) is 90.1 Å². The molecule has 0 aliphatic rings. The number of nitrogens with one attached hydrogen (secondary N) is 1. The van der Waals surface area contributed by atoms with Crippen LogP contribution in [0.3, 0.4) is 0 Å². The number of para-hydroxylation sites is 1. The Labute approximate surface area is 292 Å². The largest absolute Gasteiger partial charge is 0.524 e. The lowest BCUT2D eigenvalue weighted by Crippen LogP contribution is -2.44. The van der Waals surface area contributed by atoms with Crippen molar-refractivity contribution in [2.75, 3.05) is 24.8 Å². The average molecular weight is 718 g/mol. The van der Waals surface area contributed by atoms with Crippen LogP contribution in [0, 0.1) is 0 Å².